The molecular weight excluding hydrogens is 466 g/mol. The molecule has 0 unspecified atom stereocenters. The van der Waals surface area contributed by atoms with Gasteiger partial charge in [-0.3, -0.25) is 9.59 Å². The van der Waals surface area contributed by atoms with Gasteiger partial charge < -0.3 is 19.4 Å². The van der Waals surface area contributed by atoms with Gasteiger partial charge in [0.05, 0.1) is 36.2 Å². The van der Waals surface area contributed by atoms with Crippen LogP contribution in [0.1, 0.15) is 25.0 Å². The van der Waals surface area contributed by atoms with E-state index in [1.807, 2.05) is 61.2 Å². The number of rotatable bonds is 5. The number of anilines is 2. The third-order valence-corrected chi connectivity index (χ3v) is 7.48. The number of nitrogens with zero attached hydrogens (tertiary/aromatic N) is 5. The highest BCUT2D eigenvalue weighted by Gasteiger charge is 2.36. The molecule has 1 amide bonds. The molecule has 2 aliphatic rings. The van der Waals surface area contributed by atoms with Crippen LogP contribution >= 0.6 is 0 Å². The van der Waals surface area contributed by atoms with Crippen LogP contribution < -0.4 is 15.4 Å². The molecule has 1 aromatic heterocycles. The summed E-state index contributed by atoms with van der Waals surface area (Å²) >= 11 is 0. The third kappa shape index (κ3) is 4.98. The van der Waals surface area contributed by atoms with E-state index < -0.39 is 5.41 Å². The van der Waals surface area contributed by atoms with Crippen LogP contribution in [0.25, 0.3) is 5.69 Å². The first-order valence-corrected chi connectivity index (χ1v) is 13.0. The maximum atomic E-state index is 13.7. The Bertz CT molecular complexity index is 1290. The predicted molar refractivity (Wildman–Crippen MR) is 146 cm³/mol. The van der Waals surface area contributed by atoms with Gasteiger partial charge in [-0.2, -0.15) is 9.78 Å². The van der Waals surface area contributed by atoms with E-state index in [9.17, 15) is 9.59 Å². The molecule has 0 saturated carbocycles. The molecule has 2 aliphatic heterocycles. The van der Waals surface area contributed by atoms with Crippen molar-refractivity contribution in [2.75, 3.05) is 62.3 Å². The number of ether oxygens (including phenoxy) is 1. The van der Waals surface area contributed by atoms with Crippen molar-refractivity contribution in [1.82, 2.24) is 14.7 Å². The number of carbonyl (C=O) groups excluding carboxylic acids is 1. The van der Waals surface area contributed by atoms with E-state index in [2.05, 4.69) is 34.0 Å². The quantitative estimate of drug-likeness (QED) is 0.535. The summed E-state index contributed by atoms with van der Waals surface area (Å²) < 4.78 is 7.02. The van der Waals surface area contributed by atoms with Gasteiger partial charge in [-0.1, -0.05) is 48.0 Å². The Balaban J connectivity index is 1.39. The van der Waals surface area contributed by atoms with Crippen molar-refractivity contribution in [3.05, 3.63) is 82.3 Å². The highest BCUT2D eigenvalue weighted by atomic mass is 16.5. The molecular formula is C29H35N5O3. The van der Waals surface area contributed by atoms with Crippen LogP contribution in [-0.4, -0.2) is 73.1 Å². The Kier molecular flexibility index (Phi) is 7.02. The molecule has 8 heteroatoms. The SMILES string of the molecule is Cc1ccc(C(C)(C)C(=O)N2CCN(c3cnn(-c4ccccc4)c(=O)c3N3CCOCC3)CC2)cc1. The first-order valence-electron chi connectivity index (χ1n) is 13.0. The average Bonchev–Trinajstić information content (AvgIpc) is 2.93. The van der Waals surface area contributed by atoms with Crippen molar-refractivity contribution in [3.8, 4) is 5.69 Å². The van der Waals surface area contributed by atoms with Crippen LogP contribution in [0.3, 0.4) is 0 Å². The van der Waals surface area contributed by atoms with E-state index in [1.165, 1.54) is 10.2 Å². The molecule has 37 heavy (non-hydrogen) atoms. The van der Waals surface area contributed by atoms with Crippen LogP contribution in [0.5, 0.6) is 0 Å². The molecule has 0 bridgehead atoms. The second kappa shape index (κ2) is 10.4. The zero-order valence-corrected chi connectivity index (χ0v) is 21.9. The van der Waals surface area contributed by atoms with E-state index in [-0.39, 0.29) is 11.5 Å². The third-order valence-electron chi connectivity index (χ3n) is 7.48. The van der Waals surface area contributed by atoms with Crippen molar-refractivity contribution < 1.29 is 9.53 Å². The molecule has 2 fully saturated rings. The Hall–Kier alpha value is -3.65. The van der Waals surface area contributed by atoms with Crippen LogP contribution in [0.2, 0.25) is 0 Å². The van der Waals surface area contributed by atoms with Crippen LogP contribution in [0.15, 0.2) is 65.6 Å². The Morgan fingerprint density at radius 2 is 1.51 bits per heavy atom. The molecule has 3 heterocycles. The molecule has 2 saturated heterocycles. The van der Waals surface area contributed by atoms with E-state index in [0.717, 1.165) is 16.9 Å². The zero-order valence-electron chi connectivity index (χ0n) is 21.9. The number of carbonyl (C=O) groups is 1. The zero-order chi connectivity index (χ0) is 26.0. The number of aromatic nitrogens is 2. The van der Waals surface area contributed by atoms with Crippen LogP contribution in [0.4, 0.5) is 11.4 Å². The van der Waals surface area contributed by atoms with Gasteiger partial charge in [-0.25, -0.2) is 0 Å². The summed E-state index contributed by atoms with van der Waals surface area (Å²) in [5, 5.41) is 4.54. The summed E-state index contributed by atoms with van der Waals surface area (Å²) in [6, 6.07) is 17.7. The van der Waals surface area contributed by atoms with Gasteiger partial charge in [0.2, 0.25) is 5.91 Å². The maximum Gasteiger partial charge on any atom is 0.297 e. The molecule has 0 N–H and O–H groups in total. The van der Waals surface area contributed by atoms with Gasteiger partial charge in [-0.15, -0.1) is 0 Å². The van der Waals surface area contributed by atoms with E-state index in [4.69, 9.17) is 4.74 Å². The lowest BCUT2D eigenvalue weighted by Gasteiger charge is -2.41. The molecule has 194 valence electrons. The second-order valence-electron chi connectivity index (χ2n) is 10.3. The maximum absolute atomic E-state index is 13.7. The summed E-state index contributed by atoms with van der Waals surface area (Å²) in [5.74, 6) is 0.127. The molecule has 3 aromatic rings. The lowest BCUT2D eigenvalue weighted by Crippen LogP contribution is -2.54. The van der Waals surface area contributed by atoms with Gasteiger partial charge in [0.25, 0.3) is 5.56 Å². The normalized spacial score (nSPS) is 16.7. The van der Waals surface area contributed by atoms with Crippen LogP contribution in [-0.2, 0) is 14.9 Å². The topological polar surface area (TPSA) is 70.9 Å². The Labute approximate surface area is 218 Å². The second-order valence-corrected chi connectivity index (χ2v) is 10.3. The summed E-state index contributed by atoms with van der Waals surface area (Å²) in [7, 11) is 0. The first-order chi connectivity index (χ1) is 17.9. The lowest BCUT2D eigenvalue weighted by molar-refractivity contribution is -0.136. The van der Waals surface area contributed by atoms with E-state index in [0.29, 0.717) is 58.2 Å². The van der Waals surface area contributed by atoms with Crippen LogP contribution in [0, 0.1) is 6.92 Å². The van der Waals surface area contributed by atoms with Crippen molar-refractivity contribution in [3.63, 3.8) is 0 Å². The average molecular weight is 502 g/mol. The van der Waals surface area contributed by atoms with Gasteiger partial charge in [-0.05, 0) is 38.5 Å². The predicted octanol–water partition coefficient (Wildman–Crippen LogP) is 3.00. The van der Waals surface area contributed by atoms with Crippen molar-refractivity contribution >= 4 is 17.3 Å². The molecule has 0 spiro atoms. The van der Waals surface area contributed by atoms with Gasteiger partial charge in [0.1, 0.15) is 5.69 Å². The van der Waals surface area contributed by atoms with Gasteiger partial charge >= 0.3 is 0 Å². The number of aryl methyl sites for hydroxylation is 1. The van der Waals surface area contributed by atoms with Gasteiger partial charge in [0.15, 0.2) is 0 Å². The molecule has 8 nitrogen and oxygen atoms in total. The number of para-hydroxylation sites is 1. The highest BCUT2D eigenvalue weighted by molar-refractivity contribution is 5.87. The molecule has 2 aromatic carbocycles. The largest absolute Gasteiger partial charge is 0.378 e. The van der Waals surface area contributed by atoms with Crippen molar-refractivity contribution in [2.24, 2.45) is 0 Å². The summed E-state index contributed by atoms with van der Waals surface area (Å²) in [4.78, 5) is 33.5. The number of morpholine rings is 1. The fourth-order valence-electron chi connectivity index (χ4n) is 5.14. The smallest absolute Gasteiger partial charge is 0.297 e. The van der Waals surface area contributed by atoms with E-state index in [1.54, 1.807) is 6.20 Å². The highest BCUT2D eigenvalue weighted by Crippen LogP contribution is 2.30. The standard InChI is InChI=1S/C29H35N5O3/c1-22-9-11-23(12-10-22)29(2,3)28(36)33-15-13-31(14-16-33)25-21-30-34(24-7-5-4-6-8-24)27(35)26(25)32-17-19-37-20-18-32/h4-12,21H,13-20H2,1-3H3. The number of hydrogen-bond acceptors (Lipinski definition) is 6. The summed E-state index contributed by atoms with van der Waals surface area (Å²) in [6.07, 6.45) is 1.80. The van der Waals surface area contributed by atoms with E-state index >= 15 is 0 Å². The fraction of sp³-hybridized carbons (Fsp3) is 0.414. The fourth-order valence-corrected chi connectivity index (χ4v) is 5.14. The lowest BCUT2D eigenvalue weighted by atomic mass is 9.82. The molecule has 0 aliphatic carbocycles. The summed E-state index contributed by atoms with van der Waals surface area (Å²) in [5.41, 5.74) is 3.68. The molecule has 0 atom stereocenters. The number of benzene rings is 2. The number of piperazine rings is 1. The minimum atomic E-state index is -0.605. The summed E-state index contributed by atoms with van der Waals surface area (Å²) in [6.45, 7) is 11.0. The first kappa shape index (κ1) is 25.0. The minimum Gasteiger partial charge on any atom is -0.378 e. The molecule has 5 rings (SSSR count). The van der Waals surface area contributed by atoms with Crippen molar-refractivity contribution in [2.45, 2.75) is 26.2 Å². The van der Waals surface area contributed by atoms with Gasteiger partial charge in [0, 0.05) is 39.3 Å². The number of hydrogen-bond donors (Lipinski definition) is 0. The van der Waals surface area contributed by atoms with Crippen molar-refractivity contribution in [1.29, 1.82) is 0 Å². The molecule has 0 radical (unpaired) electrons. The number of amides is 1. The monoisotopic (exact) mass is 501 g/mol. The Morgan fingerprint density at radius 3 is 2.16 bits per heavy atom. The minimum absolute atomic E-state index is 0.127. The Morgan fingerprint density at radius 1 is 0.865 bits per heavy atom.